The molecule has 0 fully saturated rings. The fourth-order valence-corrected chi connectivity index (χ4v) is 2.63. The van der Waals surface area contributed by atoms with Gasteiger partial charge in [0.15, 0.2) is 11.5 Å². The Morgan fingerprint density at radius 1 is 1.14 bits per heavy atom. The lowest BCUT2D eigenvalue weighted by Gasteiger charge is -2.05. The first-order valence-electron chi connectivity index (χ1n) is 7.17. The molecule has 0 aliphatic heterocycles. The summed E-state index contributed by atoms with van der Waals surface area (Å²) in [7, 11) is 1.54. The molecule has 2 aromatic carbocycles. The van der Waals surface area contributed by atoms with Crippen molar-refractivity contribution in [2.24, 2.45) is 0 Å². The number of furan rings is 1. The third-order valence-electron chi connectivity index (χ3n) is 3.76. The van der Waals surface area contributed by atoms with E-state index in [0.717, 1.165) is 33.4 Å². The lowest BCUT2D eigenvalue weighted by Crippen LogP contribution is -1.85. The molecule has 0 spiro atoms. The number of hydrogen-bond acceptors (Lipinski definition) is 3. The van der Waals surface area contributed by atoms with Crippen LogP contribution >= 0.6 is 0 Å². The first-order chi connectivity index (χ1) is 10.6. The molecule has 3 rings (SSSR count). The van der Waals surface area contributed by atoms with Gasteiger partial charge < -0.3 is 14.3 Å². The molecule has 3 aromatic rings. The van der Waals surface area contributed by atoms with Crippen molar-refractivity contribution in [3.05, 3.63) is 53.6 Å². The van der Waals surface area contributed by atoms with Gasteiger partial charge in [-0.2, -0.15) is 0 Å². The van der Waals surface area contributed by atoms with Gasteiger partial charge in [0.2, 0.25) is 0 Å². The van der Waals surface area contributed by atoms with Crippen molar-refractivity contribution in [2.45, 2.75) is 13.8 Å². The SMILES string of the molecule is CC=Cc1ccc2oc(-c3ccc(O)c(OC)c3)c(C)c2c1. The third-order valence-corrected chi connectivity index (χ3v) is 3.76. The highest BCUT2D eigenvalue weighted by Crippen LogP contribution is 2.37. The highest BCUT2D eigenvalue weighted by Gasteiger charge is 2.14. The molecular weight excluding hydrogens is 276 g/mol. The average Bonchev–Trinajstić information content (AvgIpc) is 2.85. The van der Waals surface area contributed by atoms with Gasteiger partial charge in [0.1, 0.15) is 11.3 Å². The first-order valence-corrected chi connectivity index (χ1v) is 7.17. The van der Waals surface area contributed by atoms with Crippen LogP contribution in [0, 0.1) is 6.92 Å². The van der Waals surface area contributed by atoms with Crippen LogP contribution in [0.1, 0.15) is 18.1 Å². The van der Waals surface area contributed by atoms with E-state index >= 15 is 0 Å². The molecule has 0 amide bonds. The second-order valence-electron chi connectivity index (χ2n) is 5.20. The van der Waals surface area contributed by atoms with Crippen molar-refractivity contribution < 1.29 is 14.3 Å². The molecule has 112 valence electrons. The van der Waals surface area contributed by atoms with Crippen LogP contribution in [-0.4, -0.2) is 12.2 Å². The predicted octanol–water partition coefficient (Wildman–Crippen LogP) is 5.16. The summed E-state index contributed by atoms with van der Waals surface area (Å²) in [5, 5.41) is 10.8. The van der Waals surface area contributed by atoms with Crippen LogP contribution < -0.4 is 4.74 Å². The van der Waals surface area contributed by atoms with Crippen LogP contribution in [0.5, 0.6) is 11.5 Å². The predicted molar refractivity (Wildman–Crippen MR) is 89.3 cm³/mol. The minimum absolute atomic E-state index is 0.121. The fraction of sp³-hybridized carbons (Fsp3) is 0.158. The van der Waals surface area contributed by atoms with Crippen molar-refractivity contribution in [3.8, 4) is 22.8 Å². The maximum atomic E-state index is 9.72. The van der Waals surface area contributed by atoms with E-state index < -0.39 is 0 Å². The molecule has 0 bridgehead atoms. The summed E-state index contributed by atoms with van der Waals surface area (Å²) in [6, 6.07) is 11.4. The van der Waals surface area contributed by atoms with Crippen LogP contribution in [0.15, 0.2) is 46.9 Å². The molecule has 0 saturated carbocycles. The summed E-state index contributed by atoms with van der Waals surface area (Å²) in [5.74, 6) is 1.35. The van der Waals surface area contributed by atoms with E-state index in [1.54, 1.807) is 12.1 Å². The van der Waals surface area contributed by atoms with Crippen molar-refractivity contribution in [2.75, 3.05) is 7.11 Å². The first kappa shape index (κ1) is 14.3. The van der Waals surface area contributed by atoms with E-state index in [4.69, 9.17) is 9.15 Å². The Balaban J connectivity index is 2.17. The molecule has 1 aromatic heterocycles. The van der Waals surface area contributed by atoms with Crippen molar-refractivity contribution >= 4 is 17.0 Å². The van der Waals surface area contributed by atoms with E-state index in [1.807, 2.05) is 38.1 Å². The summed E-state index contributed by atoms with van der Waals surface area (Å²) < 4.78 is 11.2. The van der Waals surface area contributed by atoms with Crippen molar-refractivity contribution in [3.63, 3.8) is 0 Å². The Bertz CT molecular complexity index is 856. The van der Waals surface area contributed by atoms with Gasteiger partial charge in [-0.05, 0) is 49.7 Å². The zero-order chi connectivity index (χ0) is 15.7. The number of methoxy groups -OCH3 is 1. The van der Waals surface area contributed by atoms with E-state index in [0.29, 0.717) is 5.75 Å². The largest absolute Gasteiger partial charge is 0.504 e. The molecular formula is C19H18O3. The minimum Gasteiger partial charge on any atom is -0.504 e. The maximum absolute atomic E-state index is 9.72. The average molecular weight is 294 g/mol. The highest BCUT2D eigenvalue weighted by atomic mass is 16.5. The molecule has 0 aliphatic carbocycles. The van der Waals surface area contributed by atoms with E-state index in [9.17, 15) is 5.11 Å². The van der Waals surface area contributed by atoms with Crippen LogP contribution in [0.2, 0.25) is 0 Å². The molecule has 1 heterocycles. The Hall–Kier alpha value is -2.68. The summed E-state index contributed by atoms with van der Waals surface area (Å²) in [5.41, 5.74) is 3.96. The standard InChI is InChI=1S/C19H18O3/c1-4-5-13-6-9-17-15(10-13)12(2)19(22-17)14-7-8-16(20)18(11-14)21-3/h4-11,20H,1-3H3. The molecule has 3 nitrogen and oxygen atoms in total. The van der Waals surface area contributed by atoms with Gasteiger partial charge in [-0.15, -0.1) is 0 Å². The second kappa shape index (κ2) is 5.60. The quantitative estimate of drug-likeness (QED) is 0.726. The van der Waals surface area contributed by atoms with Gasteiger partial charge >= 0.3 is 0 Å². The summed E-state index contributed by atoms with van der Waals surface area (Å²) in [6.07, 6.45) is 4.08. The number of benzene rings is 2. The Morgan fingerprint density at radius 2 is 1.95 bits per heavy atom. The molecule has 0 saturated heterocycles. The van der Waals surface area contributed by atoms with Gasteiger partial charge in [-0.25, -0.2) is 0 Å². The summed E-state index contributed by atoms with van der Waals surface area (Å²) >= 11 is 0. The number of rotatable bonds is 3. The normalized spacial score (nSPS) is 11.4. The smallest absolute Gasteiger partial charge is 0.161 e. The van der Waals surface area contributed by atoms with Gasteiger partial charge in [0.05, 0.1) is 7.11 Å². The van der Waals surface area contributed by atoms with E-state index in [2.05, 4.69) is 12.1 Å². The third kappa shape index (κ3) is 2.35. The summed E-state index contributed by atoms with van der Waals surface area (Å²) in [4.78, 5) is 0. The fourth-order valence-electron chi connectivity index (χ4n) is 2.63. The van der Waals surface area contributed by atoms with Crippen molar-refractivity contribution in [1.82, 2.24) is 0 Å². The zero-order valence-electron chi connectivity index (χ0n) is 12.9. The van der Waals surface area contributed by atoms with Crippen LogP contribution in [0.4, 0.5) is 0 Å². The van der Waals surface area contributed by atoms with Gasteiger partial charge in [-0.3, -0.25) is 0 Å². The van der Waals surface area contributed by atoms with Gasteiger partial charge in [-0.1, -0.05) is 18.2 Å². The Kier molecular flexibility index (Phi) is 3.63. The molecule has 0 aliphatic rings. The Morgan fingerprint density at radius 3 is 2.68 bits per heavy atom. The lowest BCUT2D eigenvalue weighted by molar-refractivity contribution is 0.373. The number of hydrogen-bond donors (Lipinski definition) is 1. The second-order valence-corrected chi connectivity index (χ2v) is 5.20. The van der Waals surface area contributed by atoms with E-state index in [-0.39, 0.29) is 5.75 Å². The van der Waals surface area contributed by atoms with Crippen LogP contribution in [0.3, 0.4) is 0 Å². The Labute approximate surface area is 129 Å². The molecule has 22 heavy (non-hydrogen) atoms. The van der Waals surface area contributed by atoms with E-state index in [1.165, 1.54) is 7.11 Å². The number of aromatic hydroxyl groups is 1. The highest BCUT2D eigenvalue weighted by molar-refractivity contribution is 5.89. The van der Waals surface area contributed by atoms with Crippen molar-refractivity contribution in [1.29, 1.82) is 0 Å². The van der Waals surface area contributed by atoms with Crippen LogP contribution in [0.25, 0.3) is 28.4 Å². The van der Waals surface area contributed by atoms with Gasteiger partial charge in [0.25, 0.3) is 0 Å². The number of phenols is 1. The number of allylic oxidation sites excluding steroid dienone is 1. The molecule has 0 radical (unpaired) electrons. The molecule has 1 N–H and O–H groups in total. The number of aryl methyl sites for hydroxylation is 1. The zero-order valence-corrected chi connectivity index (χ0v) is 12.9. The molecule has 0 atom stereocenters. The molecule has 3 heteroatoms. The number of ether oxygens (including phenoxy) is 1. The van der Waals surface area contributed by atoms with Gasteiger partial charge in [0, 0.05) is 16.5 Å². The summed E-state index contributed by atoms with van der Waals surface area (Å²) in [6.45, 7) is 4.04. The number of fused-ring (bicyclic) bond motifs is 1. The molecule has 0 unspecified atom stereocenters. The topological polar surface area (TPSA) is 42.6 Å². The lowest BCUT2D eigenvalue weighted by atomic mass is 10.0. The number of phenolic OH excluding ortho intramolecular Hbond substituents is 1. The van der Waals surface area contributed by atoms with Crippen LogP contribution in [-0.2, 0) is 0 Å². The monoisotopic (exact) mass is 294 g/mol. The minimum atomic E-state index is 0.121. The maximum Gasteiger partial charge on any atom is 0.161 e.